The van der Waals surface area contributed by atoms with Crippen molar-refractivity contribution in [1.82, 2.24) is 9.88 Å². The summed E-state index contributed by atoms with van der Waals surface area (Å²) in [5, 5.41) is 3.86. The number of aromatic amines is 1. The lowest BCUT2D eigenvalue weighted by atomic mass is 9.97. The SMILES string of the molecule is CSc1cccc(NC(=O)C2CN(C(=O)c3c[nH]c4ccccc34)C2)c1. The van der Waals surface area contributed by atoms with Gasteiger partial charge in [0.15, 0.2) is 0 Å². The predicted molar refractivity (Wildman–Crippen MR) is 105 cm³/mol. The van der Waals surface area contributed by atoms with Gasteiger partial charge in [-0.25, -0.2) is 0 Å². The van der Waals surface area contributed by atoms with Crippen molar-refractivity contribution in [1.29, 1.82) is 0 Å². The molecule has 1 fully saturated rings. The Balaban J connectivity index is 1.38. The van der Waals surface area contributed by atoms with E-state index >= 15 is 0 Å². The maximum atomic E-state index is 12.7. The van der Waals surface area contributed by atoms with Crippen molar-refractivity contribution >= 4 is 40.2 Å². The van der Waals surface area contributed by atoms with E-state index < -0.39 is 0 Å². The molecule has 0 aliphatic carbocycles. The van der Waals surface area contributed by atoms with Crippen molar-refractivity contribution in [2.24, 2.45) is 5.92 Å². The second-order valence-corrected chi connectivity index (χ2v) is 7.26. The molecule has 2 N–H and O–H groups in total. The zero-order valence-electron chi connectivity index (χ0n) is 14.4. The van der Waals surface area contributed by atoms with Crippen LogP contribution in [0.15, 0.2) is 59.6 Å². The van der Waals surface area contributed by atoms with Gasteiger partial charge in [-0.2, -0.15) is 0 Å². The van der Waals surface area contributed by atoms with Gasteiger partial charge in [-0.15, -0.1) is 11.8 Å². The number of anilines is 1. The highest BCUT2D eigenvalue weighted by molar-refractivity contribution is 7.98. The molecular formula is C20H19N3O2S. The number of nitrogens with one attached hydrogen (secondary N) is 2. The molecule has 0 bridgehead atoms. The number of amides is 2. The van der Waals surface area contributed by atoms with E-state index in [1.54, 1.807) is 22.9 Å². The molecule has 6 heteroatoms. The molecule has 132 valence electrons. The first kappa shape index (κ1) is 16.7. The van der Waals surface area contributed by atoms with E-state index in [1.165, 1.54) is 0 Å². The molecule has 26 heavy (non-hydrogen) atoms. The van der Waals surface area contributed by atoms with Gasteiger partial charge in [-0.1, -0.05) is 24.3 Å². The highest BCUT2D eigenvalue weighted by Crippen LogP contribution is 2.25. The Bertz CT molecular complexity index is 976. The average molecular weight is 365 g/mol. The molecule has 0 saturated carbocycles. The van der Waals surface area contributed by atoms with Crippen LogP contribution in [0.2, 0.25) is 0 Å². The Kier molecular flexibility index (Phi) is 4.42. The fourth-order valence-corrected chi connectivity index (χ4v) is 3.63. The normalized spacial score (nSPS) is 14.3. The molecule has 1 aromatic heterocycles. The van der Waals surface area contributed by atoms with Crippen molar-refractivity contribution in [2.75, 3.05) is 24.7 Å². The summed E-state index contributed by atoms with van der Waals surface area (Å²) in [5.41, 5.74) is 2.40. The zero-order valence-corrected chi connectivity index (χ0v) is 15.2. The number of para-hydroxylation sites is 1. The van der Waals surface area contributed by atoms with Crippen molar-refractivity contribution in [3.05, 3.63) is 60.3 Å². The lowest BCUT2D eigenvalue weighted by Gasteiger charge is -2.38. The molecule has 4 rings (SSSR count). The summed E-state index contributed by atoms with van der Waals surface area (Å²) in [5.74, 6) is -0.232. The molecule has 2 heterocycles. The molecule has 0 spiro atoms. The van der Waals surface area contributed by atoms with Crippen LogP contribution in [-0.4, -0.2) is 41.0 Å². The van der Waals surface area contributed by atoms with Crippen LogP contribution in [0.25, 0.3) is 10.9 Å². The Labute approximate surface area is 155 Å². The summed E-state index contributed by atoms with van der Waals surface area (Å²) in [7, 11) is 0. The van der Waals surface area contributed by atoms with Crippen LogP contribution in [0.5, 0.6) is 0 Å². The second kappa shape index (κ2) is 6.88. The number of hydrogen-bond donors (Lipinski definition) is 2. The van der Waals surface area contributed by atoms with E-state index in [2.05, 4.69) is 10.3 Å². The minimum absolute atomic E-state index is 0.0316. The van der Waals surface area contributed by atoms with Gasteiger partial charge in [-0.05, 0) is 30.5 Å². The summed E-state index contributed by atoms with van der Waals surface area (Å²) in [6.07, 6.45) is 3.75. The lowest BCUT2D eigenvalue weighted by molar-refractivity contribution is -0.123. The summed E-state index contributed by atoms with van der Waals surface area (Å²) in [4.78, 5) is 31.0. The summed E-state index contributed by atoms with van der Waals surface area (Å²) in [6, 6.07) is 15.5. The lowest BCUT2D eigenvalue weighted by Crippen LogP contribution is -2.54. The van der Waals surface area contributed by atoms with Crippen LogP contribution in [0.3, 0.4) is 0 Å². The number of carbonyl (C=O) groups is 2. The maximum Gasteiger partial charge on any atom is 0.256 e. The van der Waals surface area contributed by atoms with Gasteiger partial charge in [-0.3, -0.25) is 9.59 Å². The van der Waals surface area contributed by atoms with E-state index in [1.807, 2.05) is 54.8 Å². The molecule has 0 unspecified atom stereocenters. The fraction of sp³-hybridized carbons (Fsp3) is 0.200. The monoisotopic (exact) mass is 365 g/mol. The number of carbonyl (C=O) groups excluding carboxylic acids is 2. The van der Waals surface area contributed by atoms with E-state index in [0.717, 1.165) is 21.5 Å². The van der Waals surface area contributed by atoms with Crippen LogP contribution < -0.4 is 5.32 Å². The van der Waals surface area contributed by atoms with Crippen LogP contribution >= 0.6 is 11.8 Å². The van der Waals surface area contributed by atoms with Gasteiger partial charge in [0.1, 0.15) is 0 Å². The van der Waals surface area contributed by atoms with Gasteiger partial charge < -0.3 is 15.2 Å². The molecule has 3 aromatic rings. The number of rotatable bonds is 4. The number of benzene rings is 2. The number of nitrogens with zero attached hydrogens (tertiary/aromatic N) is 1. The Hall–Kier alpha value is -2.73. The number of hydrogen-bond acceptors (Lipinski definition) is 3. The Morgan fingerprint density at radius 3 is 2.77 bits per heavy atom. The molecule has 0 atom stereocenters. The van der Waals surface area contributed by atoms with Crippen molar-refractivity contribution < 1.29 is 9.59 Å². The quantitative estimate of drug-likeness (QED) is 0.694. The van der Waals surface area contributed by atoms with Crippen LogP contribution in [0.1, 0.15) is 10.4 Å². The number of fused-ring (bicyclic) bond motifs is 1. The molecular weight excluding hydrogens is 346 g/mol. The van der Waals surface area contributed by atoms with E-state index in [9.17, 15) is 9.59 Å². The highest BCUT2D eigenvalue weighted by Gasteiger charge is 2.36. The summed E-state index contributed by atoms with van der Waals surface area (Å²) in [6.45, 7) is 0.902. The first-order chi connectivity index (χ1) is 12.7. The third-order valence-electron chi connectivity index (χ3n) is 4.70. The standard InChI is InChI=1S/C20H19N3O2S/c1-26-15-6-4-5-14(9-15)22-19(24)13-11-23(12-13)20(25)17-10-21-18-8-3-2-7-16(17)18/h2-10,13,21H,11-12H2,1H3,(H,22,24). The van der Waals surface area contributed by atoms with Crippen LogP contribution in [0, 0.1) is 5.92 Å². The molecule has 2 amide bonds. The molecule has 2 aromatic carbocycles. The van der Waals surface area contributed by atoms with Gasteiger partial charge >= 0.3 is 0 Å². The van der Waals surface area contributed by atoms with Gasteiger partial charge in [0.05, 0.1) is 11.5 Å². The second-order valence-electron chi connectivity index (χ2n) is 6.38. The molecule has 1 aliphatic rings. The third-order valence-corrected chi connectivity index (χ3v) is 5.42. The highest BCUT2D eigenvalue weighted by atomic mass is 32.2. The minimum atomic E-state index is -0.165. The number of thioether (sulfide) groups is 1. The van der Waals surface area contributed by atoms with E-state index in [0.29, 0.717) is 18.7 Å². The summed E-state index contributed by atoms with van der Waals surface area (Å²) < 4.78 is 0. The molecule has 5 nitrogen and oxygen atoms in total. The maximum absolute atomic E-state index is 12.7. The largest absolute Gasteiger partial charge is 0.360 e. The molecule has 1 saturated heterocycles. The number of likely N-dealkylation sites (tertiary alicyclic amines) is 1. The third kappa shape index (κ3) is 3.08. The smallest absolute Gasteiger partial charge is 0.256 e. The van der Waals surface area contributed by atoms with E-state index in [4.69, 9.17) is 0 Å². The van der Waals surface area contributed by atoms with Gasteiger partial charge in [0.25, 0.3) is 5.91 Å². The Morgan fingerprint density at radius 2 is 1.96 bits per heavy atom. The average Bonchev–Trinajstić information content (AvgIpc) is 3.04. The van der Waals surface area contributed by atoms with Crippen LogP contribution in [-0.2, 0) is 4.79 Å². The van der Waals surface area contributed by atoms with Crippen molar-refractivity contribution in [2.45, 2.75) is 4.90 Å². The fourth-order valence-electron chi connectivity index (χ4n) is 3.17. The predicted octanol–water partition coefficient (Wildman–Crippen LogP) is 3.60. The van der Waals surface area contributed by atoms with Crippen molar-refractivity contribution in [3.63, 3.8) is 0 Å². The Morgan fingerprint density at radius 1 is 1.15 bits per heavy atom. The summed E-state index contributed by atoms with van der Waals surface area (Å²) >= 11 is 1.63. The van der Waals surface area contributed by atoms with Crippen molar-refractivity contribution in [3.8, 4) is 0 Å². The van der Waals surface area contributed by atoms with Gasteiger partial charge in [0.2, 0.25) is 5.91 Å². The number of aromatic nitrogens is 1. The zero-order chi connectivity index (χ0) is 18.1. The minimum Gasteiger partial charge on any atom is -0.360 e. The molecule has 0 radical (unpaired) electrons. The van der Waals surface area contributed by atoms with E-state index in [-0.39, 0.29) is 17.7 Å². The molecule has 1 aliphatic heterocycles. The van der Waals surface area contributed by atoms with Crippen LogP contribution in [0.4, 0.5) is 5.69 Å². The first-order valence-corrected chi connectivity index (χ1v) is 9.68. The first-order valence-electron chi connectivity index (χ1n) is 8.46. The van der Waals surface area contributed by atoms with Gasteiger partial charge in [0, 0.05) is 40.8 Å². The number of H-pyrrole nitrogens is 1. The topological polar surface area (TPSA) is 65.2 Å².